The van der Waals surface area contributed by atoms with Gasteiger partial charge in [-0.3, -0.25) is 0 Å². The summed E-state index contributed by atoms with van der Waals surface area (Å²) in [5.41, 5.74) is 16.6. The van der Waals surface area contributed by atoms with Crippen molar-refractivity contribution in [2.75, 3.05) is 4.90 Å². The van der Waals surface area contributed by atoms with Gasteiger partial charge >= 0.3 is 0 Å². The monoisotopic (exact) mass is 860 g/mol. The molecule has 3 nitrogen and oxygen atoms in total. The summed E-state index contributed by atoms with van der Waals surface area (Å²) in [5.74, 6) is 2.66. The zero-order valence-electron chi connectivity index (χ0n) is 43.3. The number of rotatable bonds is 8. The number of furan rings is 1. The van der Waals surface area contributed by atoms with Crippen LogP contribution in [0.3, 0.4) is 0 Å². The first-order valence-electron chi connectivity index (χ1n) is 25.4. The topological polar surface area (TPSA) is 28.4 Å². The molecule has 64 heavy (non-hydrogen) atoms. The maximum Gasteiger partial charge on any atom is 0.243 e. The summed E-state index contributed by atoms with van der Waals surface area (Å²) in [4.78, 5) is 2.84. The highest BCUT2D eigenvalue weighted by Crippen LogP contribution is 2.52. The van der Waals surface area contributed by atoms with Crippen molar-refractivity contribution in [3.05, 3.63) is 117 Å². The predicted octanol–water partition coefficient (Wildman–Crippen LogP) is 15.5. The summed E-state index contributed by atoms with van der Waals surface area (Å²) in [6.45, 7) is 41.1. The molecular formula is C60H84BN2O. The Labute approximate surface area is 391 Å². The van der Waals surface area contributed by atoms with Gasteiger partial charge in [-0.15, -0.1) is 0 Å². The molecule has 8 rings (SSSR count). The van der Waals surface area contributed by atoms with E-state index in [1.54, 1.807) is 11.1 Å². The van der Waals surface area contributed by atoms with Gasteiger partial charge in [-0.1, -0.05) is 163 Å². The lowest BCUT2D eigenvalue weighted by molar-refractivity contribution is 0.139. The molecule has 4 heteroatoms. The Kier molecular flexibility index (Phi) is 12.1. The fraction of sp³-hybridized carbons (Fsp3) is 0.600. The van der Waals surface area contributed by atoms with Crippen LogP contribution < -0.4 is 15.9 Å². The van der Waals surface area contributed by atoms with E-state index in [4.69, 9.17) is 4.42 Å². The van der Waals surface area contributed by atoms with Crippen LogP contribution in [-0.2, 0) is 10.8 Å². The number of fused-ring (bicyclic) bond motifs is 2. The number of anilines is 1. The fourth-order valence-electron chi connectivity index (χ4n) is 12.4. The van der Waals surface area contributed by atoms with Gasteiger partial charge in [-0.05, 0) is 162 Å². The number of hydrogen-bond donors (Lipinski definition) is 1. The van der Waals surface area contributed by atoms with Gasteiger partial charge in [0.15, 0.2) is 0 Å². The first-order valence-corrected chi connectivity index (χ1v) is 25.4. The van der Waals surface area contributed by atoms with Crippen LogP contribution >= 0.6 is 0 Å². The van der Waals surface area contributed by atoms with Gasteiger partial charge in [0.2, 0.25) is 7.28 Å². The van der Waals surface area contributed by atoms with Gasteiger partial charge in [0.1, 0.15) is 5.58 Å². The highest BCUT2D eigenvalue weighted by molar-refractivity contribution is 6.63. The fourth-order valence-corrected chi connectivity index (χ4v) is 12.4. The van der Waals surface area contributed by atoms with Gasteiger partial charge in [-0.2, -0.15) is 0 Å². The second-order valence-electron chi connectivity index (χ2n) is 25.8. The van der Waals surface area contributed by atoms with Crippen molar-refractivity contribution in [1.29, 1.82) is 0 Å². The summed E-state index contributed by atoms with van der Waals surface area (Å²) in [6.07, 6.45) is 30.2. The first kappa shape index (κ1) is 46.9. The van der Waals surface area contributed by atoms with Gasteiger partial charge in [0, 0.05) is 16.8 Å². The first-order chi connectivity index (χ1) is 29.7. The van der Waals surface area contributed by atoms with Crippen molar-refractivity contribution in [3.63, 3.8) is 0 Å². The molecule has 0 saturated heterocycles. The average Bonchev–Trinajstić information content (AvgIpc) is 3.55. The van der Waals surface area contributed by atoms with E-state index in [0.29, 0.717) is 29.6 Å². The minimum atomic E-state index is 0.0762. The minimum Gasteiger partial charge on any atom is -0.469 e. The molecule has 1 radical (unpaired) electrons. The smallest absolute Gasteiger partial charge is 0.243 e. The number of hydrogen-bond acceptors (Lipinski definition) is 3. The van der Waals surface area contributed by atoms with E-state index in [0.717, 1.165) is 30.5 Å². The Morgan fingerprint density at radius 3 is 2.09 bits per heavy atom. The lowest BCUT2D eigenvalue weighted by atomic mass is 9.62. The standard InChI is InChI=1S/C60H84BN2O/c1-36(2)40-21-23-41(24-22-40)61-55-54(45-32-49-50(35-53(45)64-55)60(16,17)28-27-59(49,14)15)63(52-33-44-37(3)25-26-58(12,13)46(44)30-39(52)5)43-20-18-19-42(31-43)62-51-34-48(57(9,10)11)47(29-38(51)4)56(6,7)8/h18-19,21,23-24,29-32,34-37,40,43,47-48,52,62H,20,22,25-28,33H2,1-17H3. The Bertz CT molecular complexity index is 2410. The van der Waals surface area contributed by atoms with Crippen LogP contribution in [0.15, 0.2) is 110 Å². The van der Waals surface area contributed by atoms with Crippen LogP contribution in [-0.4, -0.2) is 19.4 Å². The molecule has 0 bridgehead atoms. The van der Waals surface area contributed by atoms with Crippen molar-refractivity contribution < 1.29 is 4.42 Å². The number of benzene rings is 1. The quantitative estimate of drug-likeness (QED) is 0.268. The third kappa shape index (κ3) is 8.84. The summed E-state index contributed by atoms with van der Waals surface area (Å²) in [6, 6.07) is 5.32. The van der Waals surface area contributed by atoms with Crippen molar-refractivity contribution in [2.24, 2.45) is 45.8 Å². The van der Waals surface area contributed by atoms with Crippen LogP contribution in [0.1, 0.15) is 174 Å². The molecule has 0 amide bonds. The highest BCUT2D eigenvalue weighted by atomic mass is 16.3. The van der Waals surface area contributed by atoms with Gasteiger partial charge in [-0.25, -0.2) is 0 Å². The zero-order valence-corrected chi connectivity index (χ0v) is 43.3. The van der Waals surface area contributed by atoms with Gasteiger partial charge < -0.3 is 14.6 Å². The van der Waals surface area contributed by atoms with Crippen molar-refractivity contribution >= 4 is 29.6 Å². The molecule has 2 aromatic rings. The van der Waals surface area contributed by atoms with Gasteiger partial charge in [0.05, 0.1) is 23.4 Å². The van der Waals surface area contributed by atoms with E-state index < -0.39 is 0 Å². The normalized spacial score (nSPS) is 28.8. The van der Waals surface area contributed by atoms with E-state index in [-0.39, 0.29) is 39.2 Å². The molecule has 1 aromatic heterocycles. The molecule has 1 heterocycles. The van der Waals surface area contributed by atoms with Gasteiger partial charge in [0.25, 0.3) is 0 Å². The Hall–Kier alpha value is -3.66. The van der Waals surface area contributed by atoms with Crippen molar-refractivity contribution in [1.82, 2.24) is 5.32 Å². The number of nitrogens with one attached hydrogen (secondary N) is 1. The summed E-state index contributed by atoms with van der Waals surface area (Å²) >= 11 is 0. The largest absolute Gasteiger partial charge is 0.469 e. The molecule has 0 spiro atoms. The summed E-state index contributed by atoms with van der Waals surface area (Å²) in [7, 11) is 2.38. The molecule has 6 atom stereocenters. The molecule has 1 aromatic carbocycles. The number of nitrogens with zero attached hydrogens (tertiary/aromatic N) is 1. The van der Waals surface area contributed by atoms with Crippen LogP contribution in [0.4, 0.5) is 5.69 Å². The molecule has 1 N–H and O–H groups in total. The van der Waals surface area contributed by atoms with Crippen LogP contribution in [0.25, 0.3) is 11.0 Å². The number of allylic oxidation sites excluding steroid dienone is 10. The summed E-state index contributed by atoms with van der Waals surface area (Å²) in [5, 5.41) is 5.31. The van der Waals surface area contributed by atoms with E-state index in [9.17, 15) is 0 Å². The second-order valence-corrected chi connectivity index (χ2v) is 25.8. The highest BCUT2D eigenvalue weighted by Gasteiger charge is 2.43. The summed E-state index contributed by atoms with van der Waals surface area (Å²) < 4.78 is 7.33. The van der Waals surface area contributed by atoms with Crippen LogP contribution in [0.5, 0.6) is 0 Å². The zero-order chi connectivity index (χ0) is 46.5. The van der Waals surface area contributed by atoms with Crippen LogP contribution in [0, 0.1) is 45.8 Å². The molecular weight excluding hydrogens is 775 g/mol. The van der Waals surface area contributed by atoms with E-state index in [1.807, 2.05) is 0 Å². The van der Waals surface area contributed by atoms with Crippen molar-refractivity contribution in [3.8, 4) is 0 Å². The third-order valence-electron chi connectivity index (χ3n) is 17.0. The maximum absolute atomic E-state index is 7.33. The Morgan fingerprint density at radius 2 is 1.47 bits per heavy atom. The maximum atomic E-state index is 7.33. The van der Waals surface area contributed by atoms with E-state index in [1.165, 1.54) is 75.9 Å². The predicted molar refractivity (Wildman–Crippen MR) is 277 cm³/mol. The molecule has 6 unspecified atom stereocenters. The molecule has 6 aliphatic rings. The van der Waals surface area contributed by atoms with Crippen LogP contribution in [0.2, 0.25) is 0 Å². The Morgan fingerprint density at radius 1 is 0.812 bits per heavy atom. The molecule has 0 fully saturated rings. The molecule has 6 aliphatic carbocycles. The third-order valence-corrected chi connectivity index (χ3v) is 17.0. The molecule has 0 aliphatic heterocycles. The molecule has 0 saturated carbocycles. The lowest BCUT2D eigenvalue weighted by Gasteiger charge is -2.47. The molecule has 343 valence electrons. The Balaban J connectivity index is 1.31. The van der Waals surface area contributed by atoms with E-state index in [2.05, 4.69) is 202 Å². The van der Waals surface area contributed by atoms with Crippen molar-refractivity contribution in [2.45, 2.75) is 186 Å². The second kappa shape index (κ2) is 16.6. The SMILES string of the molecule is CC1=CC(C(C)(C)C)C(C(C)(C)C)C=C1NC1=CC(N(c2c([B]C3=CCC(C(C)C)C=C3)oc3cc4c(cc23)C(C)(C)CCC4(C)C)C2CC3=C(C=C2C)C(C)(C)CCC3C)CC=C1. The minimum absolute atomic E-state index is 0.0762. The average molecular weight is 860 g/mol. The lowest BCUT2D eigenvalue weighted by Crippen LogP contribution is -2.48. The van der Waals surface area contributed by atoms with E-state index >= 15 is 0 Å².